The molecule has 80 heavy (non-hydrogen) atoms. The van der Waals surface area contributed by atoms with E-state index in [4.69, 9.17) is 0 Å². The molecular formula is C64H84N16. The minimum absolute atomic E-state index is 1.01. The van der Waals surface area contributed by atoms with Crippen molar-refractivity contribution in [2.45, 2.75) is 138 Å². The van der Waals surface area contributed by atoms with E-state index in [1.807, 2.05) is 183 Å². The fourth-order valence-electron chi connectivity index (χ4n) is 4.99. The Labute approximate surface area is 477 Å². The molecule has 16 nitrogen and oxygen atoms in total. The molecule has 0 amide bonds. The summed E-state index contributed by atoms with van der Waals surface area (Å²) in [4.78, 5) is 39.7. The maximum absolute atomic E-state index is 4.08. The predicted octanol–water partition coefficient (Wildman–Crippen LogP) is 13.4. The summed E-state index contributed by atoms with van der Waals surface area (Å²) in [6.07, 6.45) is 28.0. The number of rotatable bonds is 0. The number of hydrogen-bond acceptors (Lipinski definition) is 16. The van der Waals surface area contributed by atoms with Gasteiger partial charge in [0.25, 0.3) is 0 Å². The Bertz CT molecular complexity index is 2340. The third-order valence-electron chi connectivity index (χ3n) is 12.1. The number of aryl methyl sites for hydroxylation is 20. The Balaban J connectivity index is 0.000000444. The molecule has 10 heterocycles. The number of nitrogens with zero attached hydrogens (tertiary/aromatic N) is 16. The van der Waals surface area contributed by atoms with Crippen molar-refractivity contribution in [1.29, 1.82) is 0 Å². The smallest absolute Gasteiger partial charge is 0.115 e. The summed E-state index contributed by atoms with van der Waals surface area (Å²) in [7, 11) is 0. The first-order valence-electron chi connectivity index (χ1n) is 26.0. The molecule has 0 fully saturated rings. The van der Waals surface area contributed by atoms with Gasteiger partial charge in [-0.05, 0) is 242 Å². The summed E-state index contributed by atoms with van der Waals surface area (Å²) < 4.78 is 0. The molecule has 0 aliphatic carbocycles. The molecule has 0 saturated heterocycles. The maximum Gasteiger partial charge on any atom is 0.115 e. The molecule has 0 unspecified atom stereocenters. The molecule has 10 rings (SSSR count). The molecule has 0 bridgehead atoms. The number of hydrogen-bond donors (Lipinski definition) is 0. The second-order valence-electron chi connectivity index (χ2n) is 18.5. The fraction of sp³-hybridized carbons (Fsp3) is 0.312. The summed E-state index contributed by atoms with van der Waals surface area (Å²) in [5.74, 6) is 0. The van der Waals surface area contributed by atoms with Crippen LogP contribution in [0, 0.1) is 138 Å². The van der Waals surface area contributed by atoms with Gasteiger partial charge in [0, 0.05) is 97.1 Å². The molecule has 0 spiro atoms. The van der Waals surface area contributed by atoms with E-state index in [9.17, 15) is 0 Å². The Kier molecular flexibility index (Phi) is 34.8. The summed E-state index contributed by atoms with van der Waals surface area (Å²) in [5, 5.41) is 22.4. The van der Waals surface area contributed by atoms with Gasteiger partial charge in [-0.15, -0.1) is 0 Å². The zero-order chi connectivity index (χ0) is 59.8. The van der Waals surface area contributed by atoms with E-state index in [1.165, 1.54) is 55.6 Å². The lowest BCUT2D eigenvalue weighted by molar-refractivity contribution is 0.961. The molecule has 0 radical (unpaired) electrons. The summed E-state index contributed by atoms with van der Waals surface area (Å²) in [5.41, 5.74) is 23.1. The molecular weight excluding hydrogens is 993 g/mol. The van der Waals surface area contributed by atoms with E-state index in [-0.39, 0.29) is 0 Å². The van der Waals surface area contributed by atoms with Crippen molar-refractivity contribution < 1.29 is 0 Å². The van der Waals surface area contributed by atoms with Gasteiger partial charge < -0.3 is 0 Å². The fourth-order valence-corrected chi connectivity index (χ4v) is 4.99. The molecule has 10 aromatic rings. The second kappa shape index (κ2) is 40.3. The number of pyridine rings is 4. The third kappa shape index (κ3) is 31.3. The van der Waals surface area contributed by atoms with Crippen LogP contribution >= 0.6 is 0 Å². The molecule has 16 heteroatoms. The average Bonchev–Trinajstić information content (AvgIpc) is 3.44. The van der Waals surface area contributed by atoms with Crippen LogP contribution in [0.4, 0.5) is 0 Å². The maximum atomic E-state index is 4.08. The molecule has 0 aromatic carbocycles. The van der Waals surface area contributed by atoms with Crippen LogP contribution in [0.2, 0.25) is 0 Å². The standard InChI is InChI=1S/4C7H9N.6C6H8N2/c2*1-6-3-4-8-5-7(6)2;2*1-6-4-3-5-8-7(6)2;2*1-5-3-7-4-8-6(5)2;1-5-3-7-8-4-6(5)2;1-5-6(2)8-4-3-7-5;2*1-5-3-4-7-8-6(5)2/h4*3-5H,1-2H3;6*3-4H,1-2H3. The van der Waals surface area contributed by atoms with Crippen molar-refractivity contribution >= 4 is 0 Å². The van der Waals surface area contributed by atoms with Gasteiger partial charge in [-0.1, -0.05) is 12.1 Å². The van der Waals surface area contributed by atoms with Crippen molar-refractivity contribution in [3.05, 3.63) is 260 Å². The highest BCUT2D eigenvalue weighted by Gasteiger charge is 1.92. The van der Waals surface area contributed by atoms with Crippen molar-refractivity contribution in [3.63, 3.8) is 0 Å². The topological polar surface area (TPSA) is 206 Å². The van der Waals surface area contributed by atoms with Crippen LogP contribution in [-0.2, 0) is 0 Å². The van der Waals surface area contributed by atoms with Crippen LogP contribution in [0.15, 0.2) is 148 Å². The average molecular weight is 1080 g/mol. The van der Waals surface area contributed by atoms with Gasteiger partial charge in [0.2, 0.25) is 0 Å². The van der Waals surface area contributed by atoms with Crippen LogP contribution in [0.5, 0.6) is 0 Å². The van der Waals surface area contributed by atoms with Crippen LogP contribution in [0.25, 0.3) is 0 Å². The summed E-state index contributed by atoms with van der Waals surface area (Å²) in [6.45, 7) is 40.2. The second-order valence-corrected chi connectivity index (χ2v) is 18.5. The zero-order valence-electron chi connectivity index (χ0n) is 51.0. The zero-order valence-corrected chi connectivity index (χ0v) is 51.0. The van der Waals surface area contributed by atoms with Crippen LogP contribution in [0.1, 0.15) is 112 Å². The number of aromatic nitrogens is 16. The van der Waals surface area contributed by atoms with E-state index in [1.54, 1.807) is 49.8 Å². The minimum atomic E-state index is 1.01. The lowest BCUT2D eigenvalue weighted by Crippen LogP contribution is -1.87. The van der Waals surface area contributed by atoms with Gasteiger partial charge in [-0.25, -0.2) is 19.9 Å². The van der Waals surface area contributed by atoms with E-state index in [0.29, 0.717) is 0 Å². The van der Waals surface area contributed by atoms with Crippen molar-refractivity contribution in [2.75, 3.05) is 0 Å². The van der Waals surface area contributed by atoms with Gasteiger partial charge in [-0.3, -0.25) is 29.9 Å². The molecule has 0 aliphatic rings. The molecule has 0 N–H and O–H groups in total. The van der Waals surface area contributed by atoms with Crippen LogP contribution in [-0.4, -0.2) is 80.4 Å². The largest absolute Gasteiger partial charge is 0.264 e. The first-order valence-corrected chi connectivity index (χ1v) is 26.0. The SMILES string of the molecule is Cc1cccnc1C.Cc1cccnc1C.Cc1ccncc1C.Cc1ccncc1C.Cc1ccnnc1C.Cc1ccnnc1C.Cc1cncnc1C.Cc1cncnc1C.Cc1cnncc1C.Cc1nccnc1C. The van der Waals surface area contributed by atoms with Gasteiger partial charge >= 0.3 is 0 Å². The Morgan fingerprint density at radius 1 is 0.200 bits per heavy atom. The molecule has 10 aromatic heterocycles. The predicted molar refractivity (Wildman–Crippen MR) is 324 cm³/mol. The van der Waals surface area contributed by atoms with Crippen LogP contribution in [0.3, 0.4) is 0 Å². The third-order valence-corrected chi connectivity index (χ3v) is 12.1. The van der Waals surface area contributed by atoms with Crippen molar-refractivity contribution in [3.8, 4) is 0 Å². The van der Waals surface area contributed by atoms with Gasteiger partial charge in [-0.2, -0.15) is 30.6 Å². The molecule has 0 saturated carbocycles. The lowest BCUT2D eigenvalue weighted by atomic mass is 10.2. The summed E-state index contributed by atoms with van der Waals surface area (Å²) >= 11 is 0. The minimum Gasteiger partial charge on any atom is -0.264 e. The normalized spacial score (nSPS) is 9.25. The highest BCUT2D eigenvalue weighted by molar-refractivity contribution is 5.21. The molecule has 420 valence electrons. The monoisotopic (exact) mass is 1080 g/mol. The van der Waals surface area contributed by atoms with Gasteiger partial charge in [0.15, 0.2) is 0 Å². The first kappa shape index (κ1) is 69.1. The Morgan fingerprint density at radius 2 is 0.500 bits per heavy atom. The Hall–Kier alpha value is -8.92. The van der Waals surface area contributed by atoms with Gasteiger partial charge in [0.05, 0.1) is 35.2 Å². The first-order chi connectivity index (χ1) is 38.0. The lowest BCUT2D eigenvalue weighted by Gasteiger charge is -1.92. The molecule has 0 aliphatic heterocycles. The highest BCUT2D eigenvalue weighted by Crippen LogP contribution is 2.04. The summed E-state index contributed by atoms with van der Waals surface area (Å²) in [6, 6.07) is 15.9. The van der Waals surface area contributed by atoms with Crippen molar-refractivity contribution in [1.82, 2.24) is 80.4 Å². The highest BCUT2D eigenvalue weighted by atomic mass is 15.1. The van der Waals surface area contributed by atoms with Crippen molar-refractivity contribution in [2.24, 2.45) is 0 Å². The van der Waals surface area contributed by atoms with E-state index >= 15 is 0 Å². The molecule has 0 atom stereocenters. The van der Waals surface area contributed by atoms with E-state index in [2.05, 4.69) is 134 Å². The Morgan fingerprint density at radius 3 is 0.700 bits per heavy atom. The quantitative estimate of drug-likeness (QED) is 0.138. The van der Waals surface area contributed by atoms with E-state index in [0.717, 1.165) is 56.7 Å². The van der Waals surface area contributed by atoms with E-state index < -0.39 is 0 Å². The van der Waals surface area contributed by atoms with Gasteiger partial charge in [0.1, 0.15) is 12.7 Å². The van der Waals surface area contributed by atoms with Crippen LogP contribution < -0.4 is 0 Å².